The molecular formula is C18H26N2O4. The van der Waals surface area contributed by atoms with Crippen LogP contribution >= 0.6 is 0 Å². The number of nitrogens with zero attached hydrogens (tertiary/aromatic N) is 1. The Morgan fingerprint density at radius 3 is 2.88 bits per heavy atom. The lowest BCUT2D eigenvalue weighted by Gasteiger charge is -2.34. The van der Waals surface area contributed by atoms with Crippen molar-refractivity contribution in [2.45, 2.75) is 46.1 Å². The Morgan fingerprint density at radius 1 is 1.33 bits per heavy atom. The first-order valence-electron chi connectivity index (χ1n) is 8.57. The monoisotopic (exact) mass is 334 g/mol. The normalized spacial score (nSPS) is 23.4. The van der Waals surface area contributed by atoms with Crippen molar-refractivity contribution in [3.8, 4) is 5.88 Å². The van der Waals surface area contributed by atoms with Crippen molar-refractivity contribution in [1.29, 1.82) is 0 Å². The van der Waals surface area contributed by atoms with E-state index in [2.05, 4.69) is 24.1 Å². The second-order valence-corrected chi connectivity index (χ2v) is 6.31. The van der Waals surface area contributed by atoms with Gasteiger partial charge in [0.1, 0.15) is 5.56 Å². The molecule has 6 heteroatoms. The molecule has 0 aliphatic heterocycles. The lowest BCUT2D eigenvalue weighted by Crippen LogP contribution is -2.45. The summed E-state index contributed by atoms with van der Waals surface area (Å²) in [5, 5.41) is 2.98. The Labute approximate surface area is 142 Å². The van der Waals surface area contributed by atoms with Crippen LogP contribution < -0.4 is 10.1 Å². The lowest BCUT2D eigenvalue weighted by atomic mass is 9.78. The topological polar surface area (TPSA) is 77.5 Å². The number of hydrogen-bond acceptors (Lipinski definition) is 5. The molecule has 1 aromatic heterocycles. The molecule has 1 N–H and O–H groups in total. The third-order valence-corrected chi connectivity index (χ3v) is 4.66. The molecule has 0 bridgehead atoms. The smallest absolute Gasteiger partial charge is 0.344 e. The number of hydrogen-bond donors (Lipinski definition) is 1. The van der Waals surface area contributed by atoms with Gasteiger partial charge in [0.05, 0.1) is 6.61 Å². The van der Waals surface area contributed by atoms with Crippen LogP contribution in [0.2, 0.25) is 0 Å². The molecule has 1 aromatic rings. The number of ether oxygens (including phenoxy) is 2. The van der Waals surface area contributed by atoms with Crippen LogP contribution in [0.4, 0.5) is 0 Å². The number of esters is 1. The van der Waals surface area contributed by atoms with Gasteiger partial charge in [-0.2, -0.15) is 0 Å². The van der Waals surface area contributed by atoms with E-state index in [4.69, 9.17) is 9.47 Å². The van der Waals surface area contributed by atoms with Gasteiger partial charge in [-0.25, -0.2) is 9.78 Å². The van der Waals surface area contributed by atoms with Gasteiger partial charge in [0.25, 0.3) is 5.91 Å². The van der Waals surface area contributed by atoms with Crippen LogP contribution in [0.5, 0.6) is 5.88 Å². The molecule has 0 saturated heterocycles. The van der Waals surface area contributed by atoms with Crippen LogP contribution in [0, 0.1) is 11.8 Å². The molecule has 1 fully saturated rings. The summed E-state index contributed by atoms with van der Waals surface area (Å²) >= 11 is 0. The quantitative estimate of drug-likeness (QED) is 0.809. The molecule has 1 aliphatic rings. The average Bonchev–Trinajstić information content (AvgIpc) is 2.58. The summed E-state index contributed by atoms with van der Waals surface area (Å²) < 4.78 is 10.4. The highest BCUT2D eigenvalue weighted by Gasteiger charge is 2.28. The molecule has 0 aromatic carbocycles. The van der Waals surface area contributed by atoms with Crippen LogP contribution in [-0.4, -0.2) is 36.1 Å². The van der Waals surface area contributed by atoms with E-state index in [9.17, 15) is 9.59 Å². The number of rotatable bonds is 6. The summed E-state index contributed by atoms with van der Waals surface area (Å²) in [5.74, 6) is 0.375. The largest absolute Gasteiger partial charge is 0.477 e. The first-order valence-corrected chi connectivity index (χ1v) is 8.57. The fraction of sp³-hybridized carbons (Fsp3) is 0.611. The van der Waals surface area contributed by atoms with Gasteiger partial charge >= 0.3 is 5.97 Å². The van der Waals surface area contributed by atoms with Gasteiger partial charge < -0.3 is 14.8 Å². The molecule has 3 unspecified atom stereocenters. The number of amides is 1. The molecule has 0 spiro atoms. The minimum Gasteiger partial charge on any atom is -0.477 e. The van der Waals surface area contributed by atoms with Crippen LogP contribution in [0.25, 0.3) is 0 Å². The summed E-state index contributed by atoms with van der Waals surface area (Å²) in [5.41, 5.74) is 0.229. The first kappa shape index (κ1) is 18.2. The summed E-state index contributed by atoms with van der Waals surface area (Å²) in [6.07, 6.45) is 4.83. The van der Waals surface area contributed by atoms with Gasteiger partial charge in [-0.3, -0.25) is 4.79 Å². The van der Waals surface area contributed by atoms with Gasteiger partial charge in [-0.15, -0.1) is 0 Å². The van der Waals surface area contributed by atoms with E-state index >= 15 is 0 Å². The molecule has 1 aliphatic carbocycles. The SMILES string of the molecule is CCOc1ncccc1C(=O)OCC(=O)NC1CCCC(C)C1C. The van der Waals surface area contributed by atoms with Crippen LogP contribution in [0.3, 0.4) is 0 Å². The Morgan fingerprint density at radius 2 is 2.12 bits per heavy atom. The third-order valence-electron chi connectivity index (χ3n) is 4.66. The molecule has 0 radical (unpaired) electrons. The fourth-order valence-corrected chi connectivity index (χ4v) is 3.04. The Balaban J connectivity index is 1.86. The first-order chi connectivity index (χ1) is 11.5. The van der Waals surface area contributed by atoms with Gasteiger partial charge in [-0.05, 0) is 37.3 Å². The maximum atomic E-state index is 12.1. The maximum Gasteiger partial charge on any atom is 0.344 e. The second kappa shape index (κ2) is 8.66. The van der Waals surface area contributed by atoms with Crippen LogP contribution in [0.1, 0.15) is 50.4 Å². The van der Waals surface area contributed by atoms with E-state index in [-0.39, 0.29) is 30.0 Å². The Kier molecular flexibility index (Phi) is 6.58. The summed E-state index contributed by atoms with van der Waals surface area (Å²) in [6, 6.07) is 3.35. The molecule has 1 heterocycles. The van der Waals surface area contributed by atoms with Crippen molar-refractivity contribution in [2.24, 2.45) is 11.8 Å². The van der Waals surface area contributed by atoms with Crippen molar-refractivity contribution in [1.82, 2.24) is 10.3 Å². The van der Waals surface area contributed by atoms with Crippen molar-refractivity contribution in [3.63, 3.8) is 0 Å². The second-order valence-electron chi connectivity index (χ2n) is 6.31. The highest BCUT2D eigenvalue weighted by Crippen LogP contribution is 2.29. The van der Waals surface area contributed by atoms with Crippen molar-refractivity contribution in [3.05, 3.63) is 23.9 Å². The minimum atomic E-state index is -0.605. The predicted octanol–water partition coefficient (Wildman–Crippen LogP) is 2.58. The Bertz CT molecular complexity index is 576. The molecule has 1 amide bonds. The van der Waals surface area contributed by atoms with Crippen molar-refractivity contribution in [2.75, 3.05) is 13.2 Å². The van der Waals surface area contributed by atoms with E-state index in [1.54, 1.807) is 18.3 Å². The molecule has 3 atom stereocenters. The highest BCUT2D eigenvalue weighted by molar-refractivity contribution is 5.93. The van der Waals surface area contributed by atoms with Gasteiger partial charge in [-0.1, -0.05) is 26.7 Å². The van der Waals surface area contributed by atoms with E-state index in [0.717, 1.165) is 12.8 Å². The van der Waals surface area contributed by atoms with Crippen LogP contribution in [-0.2, 0) is 9.53 Å². The zero-order valence-corrected chi connectivity index (χ0v) is 14.6. The molecule has 6 nitrogen and oxygen atoms in total. The minimum absolute atomic E-state index is 0.150. The third kappa shape index (κ3) is 4.69. The van der Waals surface area contributed by atoms with E-state index < -0.39 is 5.97 Å². The molecule has 132 valence electrons. The zero-order chi connectivity index (χ0) is 17.5. The molecule has 2 rings (SSSR count). The number of pyridine rings is 1. The zero-order valence-electron chi connectivity index (χ0n) is 14.6. The van der Waals surface area contributed by atoms with E-state index in [0.29, 0.717) is 18.4 Å². The van der Waals surface area contributed by atoms with Gasteiger partial charge in [0.15, 0.2) is 6.61 Å². The lowest BCUT2D eigenvalue weighted by molar-refractivity contribution is -0.125. The number of carbonyl (C=O) groups excluding carboxylic acids is 2. The Hall–Kier alpha value is -2.11. The van der Waals surface area contributed by atoms with Gasteiger partial charge in [0, 0.05) is 12.2 Å². The number of aromatic nitrogens is 1. The van der Waals surface area contributed by atoms with Crippen LogP contribution in [0.15, 0.2) is 18.3 Å². The summed E-state index contributed by atoms with van der Waals surface area (Å²) in [4.78, 5) is 28.2. The number of nitrogens with one attached hydrogen (secondary N) is 1. The van der Waals surface area contributed by atoms with E-state index in [1.807, 2.05) is 6.92 Å². The summed E-state index contributed by atoms with van der Waals surface area (Å²) in [7, 11) is 0. The fourth-order valence-electron chi connectivity index (χ4n) is 3.04. The standard InChI is InChI=1S/C18H26N2O4/c1-4-23-17-14(8-6-10-19-17)18(22)24-11-16(21)20-15-9-5-7-12(2)13(15)3/h6,8,10,12-13,15H,4-5,7,9,11H2,1-3H3,(H,20,21). The molecular weight excluding hydrogens is 308 g/mol. The number of carbonyl (C=O) groups is 2. The average molecular weight is 334 g/mol. The molecule has 1 saturated carbocycles. The van der Waals surface area contributed by atoms with E-state index in [1.165, 1.54) is 6.42 Å². The highest BCUT2D eigenvalue weighted by atomic mass is 16.5. The van der Waals surface area contributed by atoms with Crippen molar-refractivity contribution >= 4 is 11.9 Å². The maximum absolute atomic E-state index is 12.1. The summed E-state index contributed by atoms with van der Waals surface area (Å²) in [6.45, 7) is 6.28. The van der Waals surface area contributed by atoms with Crippen molar-refractivity contribution < 1.29 is 19.1 Å². The molecule has 24 heavy (non-hydrogen) atoms. The predicted molar refractivity (Wildman–Crippen MR) is 89.8 cm³/mol. The van der Waals surface area contributed by atoms with Gasteiger partial charge in [0.2, 0.25) is 5.88 Å².